The molecule has 0 radical (unpaired) electrons. The van der Waals surface area contributed by atoms with Crippen LogP contribution in [0.3, 0.4) is 0 Å². The van der Waals surface area contributed by atoms with E-state index in [1.165, 1.54) is 40.3 Å². The molecule has 1 nitrogen and oxygen atoms in total. The number of hydrogen-bond acceptors (Lipinski definition) is 3. The highest BCUT2D eigenvalue weighted by atomic mass is 32.1. The van der Waals surface area contributed by atoms with E-state index in [1.807, 2.05) is 22.7 Å². The SMILES string of the molecule is Cc1ccc(CC(C)NC(c2cccs2)C2CCCC2)s1. The average Bonchev–Trinajstić information content (AvgIpc) is 3.19. The third kappa shape index (κ3) is 3.97. The van der Waals surface area contributed by atoms with Gasteiger partial charge in [-0.2, -0.15) is 0 Å². The van der Waals surface area contributed by atoms with E-state index in [1.54, 1.807) is 0 Å². The Balaban J connectivity index is 1.66. The molecule has 2 unspecified atom stereocenters. The Labute approximate surface area is 136 Å². The molecule has 3 heteroatoms. The summed E-state index contributed by atoms with van der Waals surface area (Å²) < 4.78 is 0. The molecule has 0 spiro atoms. The second-order valence-electron chi connectivity index (χ2n) is 6.32. The number of nitrogens with one attached hydrogen (secondary N) is 1. The Bertz CT molecular complexity index is 537. The lowest BCUT2D eigenvalue weighted by Gasteiger charge is -2.27. The van der Waals surface area contributed by atoms with Crippen LogP contribution in [0.2, 0.25) is 0 Å². The summed E-state index contributed by atoms with van der Waals surface area (Å²) in [7, 11) is 0. The van der Waals surface area contributed by atoms with Gasteiger partial charge in [0.2, 0.25) is 0 Å². The first-order valence-electron chi connectivity index (χ1n) is 8.07. The molecule has 1 N–H and O–H groups in total. The van der Waals surface area contributed by atoms with E-state index in [0.29, 0.717) is 12.1 Å². The van der Waals surface area contributed by atoms with Gasteiger partial charge in [0, 0.05) is 26.7 Å². The van der Waals surface area contributed by atoms with Crippen LogP contribution in [0.1, 0.15) is 53.3 Å². The molecule has 2 aromatic heterocycles. The number of rotatable bonds is 6. The van der Waals surface area contributed by atoms with Crippen molar-refractivity contribution in [2.24, 2.45) is 5.92 Å². The fourth-order valence-electron chi connectivity index (χ4n) is 3.47. The minimum Gasteiger partial charge on any atom is -0.306 e. The van der Waals surface area contributed by atoms with Gasteiger partial charge in [0.05, 0.1) is 0 Å². The molecule has 0 amide bonds. The Morgan fingerprint density at radius 3 is 2.67 bits per heavy atom. The lowest BCUT2D eigenvalue weighted by atomic mass is 9.95. The predicted octanol–water partition coefficient (Wildman–Crippen LogP) is 5.57. The molecule has 2 atom stereocenters. The zero-order valence-electron chi connectivity index (χ0n) is 13.0. The van der Waals surface area contributed by atoms with Crippen molar-refractivity contribution < 1.29 is 0 Å². The van der Waals surface area contributed by atoms with E-state index in [0.717, 1.165) is 12.3 Å². The second kappa shape index (κ2) is 7.08. The van der Waals surface area contributed by atoms with Crippen LogP contribution >= 0.6 is 22.7 Å². The van der Waals surface area contributed by atoms with Crippen molar-refractivity contribution in [3.8, 4) is 0 Å². The van der Waals surface area contributed by atoms with Crippen molar-refractivity contribution in [2.45, 2.75) is 58.0 Å². The Hall–Kier alpha value is -0.640. The normalized spacial score (nSPS) is 19.0. The average molecular weight is 320 g/mol. The topological polar surface area (TPSA) is 12.0 Å². The standard InChI is InChI=1S/C18H25NS2/c1-13(12-16-10-9-14(2)21-16)19-18(15-6-3-4-7-15)17-8-5-11-20-17/h5,8-11,13,15,18-19H,3-4,6-7,12H2,1-2H3. The maximum atomic E-state index is 3.94. The summed E-state index contributed by atoms with van der Waals surface area (Å²) in [6.45, 7) is 4.53. The van der Waals surface area contributed by atoms with E-state index < -0.39 is 0 Å². The molecule has 0 aliphatic heterocycles. The fraction of sp³-hybridized carbons (Fsp3) is 0.556. The summed E-state index contributed by atoms with van der Waals surface area (Å²) in [5.41, 5.74) is 0. The third-order valence-electron chi connectivity index (χ3n) is 4.49. The minimum absolute atomic E-state index is 0.538. The molecule has 2 heterocycles. The molecule has 0 aromatic carbocycles. The van der Waals surface area contributed by atoms with Crippen LogP contribution in [0, 0.1) is 12.8 Å². The minimum atomic E-state index is 0.538. The first-order valence-corrected chi connectivity index (χ1v) is 9.77. The van der Waals surface area contributed by atoms with Gasteiger partial charge in [0.25, 0.3) is 0 Å². The van der Waals surface area contributed by atoms with Crippen molar-refractivity contribution >= 4 is 22.7 Å². The van der Waals surface area contributed by atoms with Crippen LogP contribution < -0.4 is 5.32 Å². The third-order valence-corrected chi connectivity index (χ3v) is 6.47. The molecule has 1 aliphatic rings. The molecule has 21 heavy (non-hydrogen) atoms. The van der Waals surface area contributed by atoms with Gasteiger partial charge in [-0.25, -0.2) is 0 Å². The monoisotopic (exact) mass is 319 g/mol. The van der Waals surface area contributed by atoms with Crippen molar-refractivity contribution in [1.29, 1.82) is 0 Å². The van der Waals surface area contributed by atoms with Gasteiger partial charge >= 0.3 is 0 Å². The van der Waals surface area contributed by atoms with Gasteiger partial charge in [-0.15, -0.1) is 22.7 Å². The van der Waals surface area contributed by atoms with Gasteiger partial charge in [-0.05, 0) is 62.6 Å². The van der Waals surface area contributed by atoms with Crippen molar-refractivity contribution in [1.82, 2.24) is 5.32 Å². The van der Waals surface area contributed by atoms with E-state index >= 15 is 0 Å². The van der Waals surface area contributed by atoms with E-state index in [-0.39, 0.29) is 0 Å². The molecule has 2 aromatic rings. The van der Waals surface area contributed by atoms with E-state index in [2.05, 4.69) is 48.8 Å². The summed E-state index contributed by atoms with van der Waals surface area (Å²) in [5.74, 6) is 0.830. The highest BCUT2D eigenvalue weighted by molar-refractivity contribution is 7.11. The molecular weight excluding hydrogens is 294 g/mol. The van der Waals surface area contributed by atoms with Gasteiger partial charge in [-0.3, -0.25) is 0 Å². The molecule has 1 fully saturated rings. The lowest BCUT2D eigenvalue weighted by Crippen LogP contribution is -2.35. The lowest BCUT2D eigenvalue weighted by molar-refractivity contribution is 0.339. The maximum Gasteiger partial charge on any atom is 0.0445 e. The maximum absolute atomic E-state index is 3.94. The molecule has 0 saturated heterocycles. The Kier molecular flexibility index (Phi) is 5.15. The Morgan fingerprint density at radius 2 is 2.05 bits per heavy atom. The first-order chi connectivity index (χ1) is 10.2. The smallest absolute Gasteiger partial charge is 0.0445 e. The highest BCUT2D eigenvalue weighted by Crippen LogP contribution is 2.37. The van der Waals surface area contributed by atoms with Gasteiger partial charge in [-0.1, -0.05) is 18.9 Å². The fourth-order valence-corrected chi connectivity index (χ4v) is 5.37. The van der Waals surface area contributed by atoms with Crippen molar-refractivity contribution in [3.63, 3.8) is 0 Å². The summed E-state index contributed by atoms with van der Waals surface area (Å²) in [6, 6.07) is 10.1. The molecule has 1 aliphatic carbocycles. The largest absolute Gasteiger partial charge is 0.306 e. The van der Waals surface area contributed by atoms with E-state index in [9.17, 15) is 0 Å². The van der Waals surface area contributed by atoms with Gasteiger partial charge in [0.1, 0.15) is 0 Å². The van der Waals surface area contributed by atoms with Crippen molar-refractivity contribution in [3.05, 3.63) is 44.3 Å². The number of aryl methyl sites for hydroxylation is 1. The van der Waals surface area contributed by atoms with Crippen LogP contribution in [0.25, 0.3) is 0 Å². The number of hydrogen-bond donors (Lipinski definition) is 1. The van der Waals surface area contributed by atoms with Crippen molar-refractivity contribution in [2.75, 3.05) is 0 Å². The zero-order valence-corrected chi connectivity index (χ0v) is 14.6. The molecular formula is C18H25NS2. The summed E-state index contributed by atoms with van der Waals surface area (Å²) in [5, 5.41) is 6.15. The second-order valence-corrected chi connectivity index (χ2v) is 8.67. The van der Waals surface area contributed by atoms with Crippen LogP contribution in [0.5, 0.6) is 0 Å². The highest BCUT2D eigenvalue weighted by Gasteiger charge is 2.28. The summed E-state index contributed by atoms with van der Waals surface area (Å²) in [4.78, 5) is 4.45. The number of thiophene rings is 2. The molecule has 0 bridgehead atoms. The molecule has 114 valence electrons. The Morgan fingerprint density at radius 1 is 1.24 bits per heavy atom. The molecule has 3 rings (SSSR count). The predicted molar refractivity (Wildman–Crippen MR) is 94.4 cm³/mol. The zero-order chi connectivity index (χ0) is 14.7. The van der Waals surface area contributed by atoms with Crippen LogP contribution in [0.4, 0.5) is 0 Å². The summed E-state index contributed by atoms with van der Waals surface area (Å²) >= 11 is 3.85. The van der Waals surface area contributed by atoms with E-state index in [4.69, 9.17) is 0 Å². The van der Waals surface area contributed by atoms with Gasteiger partial charge in [0.15, 0.2) is 0 Å². The van der Waals surface area contributed by atoms with Gasteiger partial charge < -0.3 is 5.32 Å². The molecule has 1 saturated carbocycles. The van der Waals surface area contributed by atoms with Crippen LogP contribution in [-0.4, -0.2) is 6.04 Å². The van der Waals surface area contributed by atoms with Crippen LogP contribution in [0.15, 0.2) is 29.6 Å². The summed E-state index contributed by atoms with van der Waals surface area (Å²) in [6.07, 6.45) is 6.74. The quantitative estimate of drug-likeness (QED) is 0.734. The first kappa shape index (κ1) is 15.3. The van der Waals surface area contributed by atoms with Crippen LogP contribution in [-0.2, 0) is 6.42 Å².